The van der Waals surface area contributed by atoms with E-state index in [-0.39, 0.29) is 32.0 Å². The molecule has 0 aliphatic carbocycles. The van der Waals surface area contributed by atoms with E-state index >= 15 is 0 Å². The number of carbonyl (C=O) groups excluding carboxylic acids is 2. The third-order valence-corrected chi connectivity index (χ3v) is 12.0. The maximum Gasteiger partial charge on any atom is 0.472 e. The Bertz CT molecular complexity index is 1270. The zero-order chi connectivity index (χ0) is 47.1. The minimum absolute atomic E-state index is 0.0237. The number of ether oxygens (including phenoxy) is 2. The van der Waals surface area contributed by atoms with Crippen molar-refractivity contribution >= 4 is 19.8 Å². The van der Waals surface area contributed by atoms with E-state index in [2.05, 4.69) is 74.6 Å². The molecule has 1 N–H and O–H groups in total. The molecule has 9 nitrogen and oxygen atoms in total. The van der Waals surface area contributed by atoms with Crippen molar-refractivity contribution in [2.75, 3.05) is 47.5 Å². The molecule has 0 saturated heterocycles. The highest BCUT2D eigenvalue weighted by Crippen LogP contribution is 2.43. The summed E-state index contributed by atoms with van der Waals surface area (Å²) in [5.41, 5.74) is 0. The van der Waals surface area contributed by atoms with Crippen molar-refractivity contribution in [3.05, 3.63) is 60.8 Å². The van der Waals surface area contributed by atoms with Crippen LogP contribution in [0.2, 0.25) is 0 Å². The monoisotopic (exact) mass is 921 g/mol. The number of hydrogen-bond donors (Lipinski definition) is 1. The van der Waals surface area contributed by atoms with Gasteiger partial charge < -0.3 is 18.9 Å². The van der Waals surface area contributed by atoms with Gasteiger partial charge in [0, 0.05) is 12.8 Å². The van der Waals surface area contributed by atoms with E-state index in [9.17, 15) is 19.0 Å². The minimum Gasteiger partial charge on any atom is -0.462 e. The third-order valence-electron chi connectivity index (χ3n) is 11.1. The summed E-state index contributed by atoms with van der Waals surface area (Å²) in [4.78, 5) is 35.6. The van der Waals surface area contributed by atoms with E-state index in [1.165, 1.54) is 116 Å². The zero-order valence-electron chi connectivity index (χ0n) is 42.0. The summed E-state index contributed by atoms with van der Waals surface area (Å²) in [7, 11) is 1.45. The van der Waals surface area contributed by atoms with Crippen LogP contribution in [0.5, 0.6) is 0 Å². The molecule has 0 bridgehead atoms. The lowest BCUT2D eigenvalue weighted by Crippen LogP contribution is -2.37. The zero-order valence-corrected chi connectivity index (χ0v) is 42.9. The van der Waals surface area contributed by atoms with Gasteiger partial charge in [-0.2, -0.15) is 0 Å². The Morgan fingerprint density at radius 2 is 0.891 bits per heavy atom. The summed E-state index contributed by atoms with van der Waals surface area (Å²) in [6.45, 7) is 4.29. The van der Waals surface area contributed by atoms with Crippen LogP contribution in [0.1, 0.15) is 219 Å². The summed E-state index contributed by atoms with van der Waals surface area (Å²) in [6.07, 6.45) is 57.1. The predicted octanol–water partition coefficient (Wildman–Crippen LogP) is 15.6. The highest BCUT2D eigenvalue weighted by atomic mass is 31.2. The second-order valence-corrected chi connectivity index (χ2v) is 20.0. The topological polar surface area (TPSA) is 108 Å². The van der Waals surface area contributed by atoms with Crippen LogP contribution in [0.25, 0.3) is 0 Å². The first-order valence-electron chi connectivity index (χ1n) is 26.0. The number of phosphoric ester groups is 1. The number of allylic oxidation sites excluding steroid dienone is 10. The molecule has 0 aromatic rings. The van der Waals surface area contributed by atoms with Crippen molar-refractivity contribution in [2.24, 2.45) is 0 Å². The van der Waals surface area contributed by atoms with E-state index in [0.29, 0.717) is 17.4 Å². The standard InChI is InChI=1S/C54H98NO8P/c1-6-8-10-12-14-16-18-20-22-24-26-27-29-30-32-34-36-38-40-42-44-46-53(56)60-50-52(51-62-64(58,59)61-49-48-55(3,4)5)63-54(57)47-45-43-41-39-37-35-33-31-28-25-23-21-19-17-15-13-11-9-7-2/h9,11,15,17,21,23,28,31,35,37,52H,6-8,10,12-14,16,18-20,22,24-27,29-30,32-34,36,38-51H2,1-5H3/p+1/b11-9-,17-15-,23-21-,31-28-,37-35-/t52-/m1/s1. The number of likely N-dealkylation sites (N-methyl/N-ethyl adjacent to an activating group) is 1. The normalized spacial score (nSPS) is 13.9. The molecule has 10 heteroatoms. The summed E-state index contributed by atoms with van der Waals surface area (Å²) in [5.74, 6) is -0.831. The fraction of sp³-hybridized carbons (Fsp3) is 0.778. The number of quaternary nitrogens is 1. The van der Waals surface area contributed by atoms with Gasteiger partial charge in [-0.25, -0.2) is 4.57 Å². The SMILES string of the molecule is CC/C=C\C/C=C\C/C=C\C/C=C\C/C=C\CCCCCC(=O)O[C@H](COC(=O)CCCCCCCCCCCCCCCCCCCCCCC)COP(=O)(O)OCC[N+](C)(C)C. The van der Waals surface area contributed by atoms with Gasteiger partial charge in [-0.15, -0.1) is 0 Å². The molecule has 0 radical (unpaired) electrons. The fourth-order valence-electron chi connectivity index (χ4n) is 7.04. The molecule has 0 amide bonds. The average Bonchev–Trinajstić information content (AvgIpc) is 3.25. The number of unbranched alkanes of at least 4 members (excludes halogenated alkanes) is 23. The number of phosphoric acid groups is 1. The summed E-state index contributed by atoms with van der Waals surface area (Å²) in [6, 6.07) is 0. The molecule has 372 valence electrons. The molecular weight excluding hydrogens is 822 g/mol. The van der Waals surface area contributed by atoms with Crippen LogP contribution in [0.15, 0.2) is 60.8 Å². The van der Waals surface area contributed by atoms with E-state index in [0.717, 1.165) is 70.6 Å². The van der Waals surface area contributed by atoms with Crippen LogP contribution >= 0.6 is 7.82 Å². The quantitative estimate of drug-likeness (QED) is 0.0211. The Kier molecular flexibility index (Phi) is 44.2. The number of carbonyl (C=O) groups is 2. The first-order chi connectivity index (χ1) is 31.0. The maximum atomic E-state index is 12.7. The minimum atomic E-state index is -4.39. The van der Waals surface area contributed by atoms with Crippen LogP contribution in [-0.2, 0) is 32.7 Å². The van der Waals surface area contributed by atoms with Crippen molar-refractivity contribution < 1.29 is 42.1 Å². The average molecular weight is 921 g/mol. The Morgan fingerprint density at radius 3 is 1.33 bits per heavy atom. The van der Waals surface area contributed by atoms with Gasteiger partial charge in [0.1, 0.15) is 19.8 Å². The third kappa shape index (κ3) is 49.2. The molecule has 0 rings (SSSR count). The molecule has 0 spiro atoms. The Morgan fingerprint density at radius 1 is 0.500 bits per heavy atom. The molecule has 0 heterocycles. The lowest BCUT2D eigenvalue weighted by Gasteiger charge is -2.24. The molecule has 0 aromatic carbocycles. The Balaban J connectivity index is 4.28. The lowest BCUT2D eigenvalue weighted by atomic mass is 10.0. The van der Waals surface area contributed by atoms with E-state index in [1.54, 1.807) is 0 Å². The van der Waals surface area contributed by atoms with Gasteiger partial charge >= 0.3 is 19.8 Å². The largest absolute Gasteiger partial charge is 0.472 e. The number of hydrogen-bond acceptors (Lipinski definition) is 7. The van der Waals surface area contributed by atoms with E-state index < -0.39 is 26.5 Å². The number of rotatable bonds is 47. The molecule has 64 heavy (non-hydrogen) atoms. The molecule has 0 aromatic heterocycles. The van der Waals surface area contributed by atoms with Crippen molar-refractivity contribution in [3.63, 3.8) is 0 Å². The second-order valence-electron chi connectivity index (χ2n) is 18.5. The van der Waals surface area contributed by atoms with Gasteiger partial charge in [0.25, 0.3) is 0 Å². The van der Waals surface area contributed by atoms with Gasteiger partial charge in [0.05, 0.1) is 27.7 Å². The first-order valence-corrected chi connectivity index (χ1v) is 27.5. The fourth-order valence-corrected chi connectivity index (χ4v) is 7.78. The van der Waals surface area contributed by atoms with Crippen molar-refractivity contribution in [1.29, 1.82) is 0 Å². The molecule has 0 saturated carbocycles. The smallest absolute Gasteiger partial charge is 0.462 e. The van der Waals surface area contributed by atoms with Crippen LogP contribution < -0.4 is 0 Å². The Hall–Kier alpha value is -2.29. The molecule has 0 aliphatic rings. The van der Waals surface area contributed by atoms with Crippen molar-refractivity contribution in [2.45, 2.75) is 225 Å². The molecule has 0 aliphatic heterocycles. The molecular formula is C54H99NO8P+. The van der Waals surface area contributed by atoms with Crippen molar-refractivity contribution in [3.8, 4) is 0 Å². The van der Waals surface area contributed by atoms with E-state index in [4.69, 9.17) is 18.5 Å². The maximum absolute atomic E-state index is 12.7. The van der Waals surface area contributed by atoms with Gasteiger partial charge in [0.15, 0.2) is 6.10 Å². The molecule has 2 atom stereocenters. The van der Waals surface area contributed by atoms with Crippen LogP contribution in [0, 0.1) is 0 Å². The number of esters is 2. The van der Waals surface area contributed by atoms with Crippen LogP contribution in [-0.4, -0.2) is 74.9 Å². The highest BCUT2D eigenvalue weighted by Gasteiger charge is 2.27. The first kappa shape index (κ1) is 61.7. The van der Waals surface area contributed by atoms with Gasteiger partial charge in [-0.3, -0.25) is 18.6 Å². The Labute approximate surface area is 394 Å². The summed E-state index contributed by atoms with van der Waals surface area (Å²) < 4.78 is 34.4. The van der Waals surface area contributed by atoms with Gasteiger partial charge in [0.2, 0.25) is 0 Å². The van der Waals surface area contributed by atoms with Crippen LogP contribution in [0.4, 0.5) is 0 Å². The molecule has 1 unspecified atom stereocenters. The summed E-state index contributed by atoms with van der Waals surface area (Å²) in [5, 5.41) is 0. The predicted molar refractivity (Wildman–Crippen MR) is 270 cm³/mol. The van der Waals surface area contributed by atoms with Crippen molar-refractivity contribution in [1.82, 2.24) is 0 Å². The number of nitrogens with zero attached hydrogens (tertiary/aromatic N) is 1. The van der Waals surface area contributed by atoms with E-state index in [1.807, 2.05) is 21.1 Å². The highest BCUT2D eigenvalue weighted by molar-refractivity contribution is 7.47. The summed E-state index contributed by atoms with van der Waals surface area (Å²) >= 11 is 0. The van der Waals surface area contributed by atoms with Crippen LogP contribution in [0.3, 0.4) is 0 Å². The van der Waals surface area contributed by atoms with Gasteiger partial charge in [-0.05, 0) is 57.8 Å². The molecule has 0 fully saturated rings. The lowest BCUT2D eigenvalue weighted by molar-refractivity contribution is -0.870. The second kappa shape index (κ2) is 45.8. The van der Waals surface area contributed by atoms with Gasteiger partial charge in [-0.1, -0.05) is 209 Å².